The second kappa shape index (κ2) is 13.0. The van der Waals surface area contributed by atoms with Crippen LogP contribution in [-0.2, 0) is 31.8 Å². The van der Waals surface area contributed by atoms with Gasteiger partial charge < -0.3 is 28.8 Å². The van der Waals surface area contributed by atoms with Gasteiger partial charge in [-0.15, -0.1) is 0 Å². The van der Waals surface area contributed by atoms with E-state index in [2.05, 4.69) is 18.7 Å². The van der Waals surface area contributed by atoms with Crippen molar-refractivity contribution in [2.45, 2.75) is 19.8 Å². The molecular weight excluding hydrogens is 424 g/mol. The lowest BCUT2D eigenvalue weighted by atomic mass is 9.90. The molecule has 0 aromatic heterocycles. The third kappa shape index (κ3) is 6.81. The first-order valence-electron chi connectivity index (χ1n) is 11.2. The number of carbonyl (C=O) groups excluding carboxylic acids is 1. The molecule has 0 fully saturated rings. The molecule has 0 heterocycles. The highest BCUT2D eigenvalue weighted by Crippen LogP contribution is 2.43. The number of benzene rings is 2. The summed E-state index contributed by atoms with van der Waals surface area (Å²) in [5.74, 6) is 1.28. The Labute approximate surface area is 194 Å². The van der Waals surface area contributed by atoms with E-state index in [1.165, 1.54) is 0 Å². The summed E-state index contributed by atoms with van der Waals surface area (Å²) in [6.45, 7) is 7.53. The zero-order valence-electron chi connectivity index (χ0n) is 19.1. The Hall–Kier alpha value is -2.87. The lowest BCUT2D eigenvalue weighted by Gasteiger charge is -2.23. The van der Waals surface area contributed by atoms with Crippen molar-refractivity contribution in [2.24, 2.45) is 0 Å². The Balaban J connectivity index is 1.51. The van der Waals surface area contributed by atoms with Crippen LogP contribution >= 0.6 is 0 Å². The maximum absolute atomic E-state index is 11.3. The van der Waals surface area contributed by atoms with Gasteiger partial charge in [-0.1, -0.05) is 43.0 Å². The summed E-state index contributed by atoms with van der Waals surface area (Å²) < 4.78 is 28.1. The number of hydrogen-bond donors (Lipinski definition) is 1. The van der Waals surface area contributed by atoms with Gasteiger partial charge in [-0.3, -0.25) is 0 Å². The van der Waals surface area contributed by atoms with Crippen LogP contribution in [0, 0.1) is 0 Å². The maximum atomic E-state index is 11.3. The van der Waals surface area contributed by atoms with E-state index in [4.69, 9.17) is 23.7 Å². The van der Waals surface area contributed by atoms with Crippen molar-refractivity contribution < 1.29 is 33.6 Å². The minimum absolute atomic E-state index is 0.0299. The van der Waals surface area contributed by atoms with Crippen LogP contribution < -0.4 is 9.47 Å². The van der Waals surface area contributed by atoms with Gasteiger partial charge in [0, 0.05) is 27.5 Å². The number of hydrogen-bond acceptors (Lipinski definition) is 7. The summed E-state index contributed by atoms with van der Waals surface area (Å²) in [5.41, 5.74) is 2.61. The van der Waals surface area contributed by atoms with Crippen molar-refractivity contribution in [2.75, 3.05) is 52.9 Å². The third-order valence-electron chi connectivity index (χ3n) is 5.13. The van der Waals surface area contributed by atoms with Gasteiger partial charge in [0.2, 0.25) is 0 Å². The molecule has 7 heteroatoms. The summed E-state index contributed by atoms with van der Waals surface area (Å²) in [4.78, 5) is 11.3. The Kier molecular flexibility index (Phi) is 9.75. The van der Waals surface area contributed by atoms with Crippen molar-refractivity contribution in [3.8, 4) is 11.5 Å². The van der Waals surface area contributed by atoms with Crippen molar-refractivity contribution in [3.63, 3.8) is 0 Å². The molecule has 0 atom stereocenters. The van der Waals surface area contributed by atoms with Gasteiger partial charge >= 0.3 is 5.97 Å². The van der Waals surface area contributed by atoms with Crippen molar-refractivity contribution in [3.05, 3.63) is 59.7 Å². The molecular formula is C26H32O7. The van der Waals surface area contributed by atoms with Crippen molar-refractivity contribution in [1.29, 1.82) is 0 Å². The highest BCUT2D eigenvalue weighted by molar-refractivity contribution is 5.96. The lowest BCUT2D eigenvalue weighted by Crippen LogP contribution is -2.15. The van der Waals surface area contributed by atoms with Gasteiger partial charge in [0.1, 0.15) is 31.3 Å². The molecule has 1 aliphatic carbocycles. The van der Waals surface area contributed by atoms with Crippen LogP contribution in [0.3, 0.4) is 0 Å². The molecule has 1 aliphatic rings. The van der Waals surface area contributed by atoms with E-state index in [1.54, 1.807) is 6.92 Å². The number of aliphatic hydroxyl groups excluding tert-OH is 1. The van der Waals surface area contributed by atoms with Crippen LogP contribution in [0.5, 0.6) is 11.5 Å². The SMILES string of the molecule is C=C(C)C(=O)OCCOCCOCCOc1c2c(c(OCCO)c3ccccc13)CC=CC2. The molecule has 1 N–H and O–H groups in total. The molecule has 0 bridgehead atoms. The Bertz CT molecular complexity index is 980. The highest BCUT2D eigenvalue weighted by Gasteiger charge is 2.21. The number of esters is 1. The first-order chi connectivity index (χ1) is 16.1. The average Bonchev–Trinajstić information content (AvgIpc) is 2.83. The summed E-state index contributed by atoms with van der Waals surface area (Å²) in [7, 11) is 0. The molecule has 2 aromatic carbocycles. The first-order valence-corrected chi connectivity index (χ1v) is 11.2. The van der Waals surface area contributed by atoms with Crippen molar-refractivity contribution >= 4 is 16.7 Å². The molecule has 0 aliphatic heterocycles. The van der Waals surface area contributed by atoms with Crippen LogP contribution in [0.15, 0.2) is 48.6 Å². The van der Waals surface area contributed by atoms with E-state index < -0.39 is 5.97 Å². The van der Waals surface area contributed by atoms with E-state index in [9.17, 15) is 9.90 Å². The number of ether oxygens (including phenoxy) is 5. The van der Waals surface area contributed by atoms with Gasteiger partial charge in [0.05, 0.1) is 33.0 Å². The number of allylic oxidation sites excluding steroid dienone is 2. The summed E-state index contributed by atoms with van der Waals surface area (Å²) in [6, 6.07) is 8.02. The molecule has 7 nitrogen and oxygen atoms in total. The summed E-state index contributed by atoms with van der Waals surface area (Å²) in [6.07, 6.45) is 5.82. The molecule has 0 amide bonds. The fourth-order valence-corrected chi connectivity index (χ4v) is 3.63. The first kappa shape index (κ1) is 24.8. The molecule has 0 radical (unpaired) electrons. The van der Waals surface area contributed by atoms with E-state index >= 15 is 0 Å². The Morgan fingerprint density at radius 3 is 1.91 bits per heavy atom. The third-order valence-corrected chi connectivity index (χ3v) is 5.13. The van der Waals surface area contributed by atoms with E-state index in [1.807, 2.05) is 24.3 Å². The zero-order chi connectivity index (χ0) is 23.5. The van der Waals surface area contributed by atoms with E-state index in [0.717, 1.165) is 46.2 Å². The minimum Gasteiger partial charge on any atom is -0.490 e. The molecule has 33 heavy (non-hydrogen) atoms. The summed E-state index contributed by atoms with van der Waals surface area (Å²) >= 11 is 0. The molecule has 0 spiro atoms. The van der Waals surface area contributed by atoms with Gasteiger partial charge in [-0.2, -0.15) is 0 Å². The van der Waals surface area contributed by atoms with Crippen LogP contribution in [-0.4, -0.2) is 63.9 Å². The average molecular weight is 457 g/mol. The normalized spacial score (nSPS) is 12.4. The number of fused-ring (bicyclic) bond motifs is 2. The van der Waals surface area contributed by atoms with Crippen molar-refractivity contribution in [1.82, 2.24) is 0 Å². The quantitative estimate of drug-likeness (QED) is 0.202. The molecule has 2 aromatic rings. The predicted molar refractivity (Wildman–Crippen MR) is 126 cm³/mol. The van der Waals surface area contributed by atoms with Crippen LogP contribution in [0.2, 0.25) is 0 Å². The zero-order valence-corrected chi connectivity index (χ0v) is 19.1. The fourth-order valence-electron chi connectivity index (χ4n) is 3.63. The number of aliphatic hydroxyl groups is 1. The fraction of sp³-hybridized carbons (Fsp3) is 0.423. The second-order valence-corrected chi connectivity index (χ2v) is 7.60. The largest absolute Gasteiger partial charge is 0.490 e. The molecule has 3 rings (SSSR count). The number of rotatable bonds is 14. The highest BCUT2D eigenvalue weighted by atomic mass is 16.6. The van der Waals surface area contributed by atoms with Gasteiger partial charge in [0.25, 0.3) is 0 Å². The minimum atomic E-state index is -0.412. The van der Waals surface area contributed by atoms with Crippen LogP contribution in [0.4, 0.5) is 0 Å². The monoisotopic (exact) mass is 456 g/mol. The molecule has 178 valence electrons. The van der Waals surface area contributed by atoms with Gasteiger partial charge in [-0.05, 0) is 19.8 Å². The second-order valence-electron chi connectivity index (χ2n) is 7.60. The Morgan fingerprint density at radius 2 is 1.36 bits per heavy atom. The summed E-state index contributed by atoms with van der Waals surface area (Å²) in [5, 5.41) is 11.2. The standard InChI is InChI=1S/C26H32O7/c1-19(2)26(28)33-18-16-30-14-13-29-15-17-32-25-22-9-5-3-7-20(22)24(31-12-11-27)21-8-4-6-10-23(21)25/h3-7,9,27H,1,8,10-18H2,2H3. The van der Waals surface area contributed by atoms with E-state index in [0.29, 0.717) is 38.6 Å². The number of carbonyl (C=O) groups is 1. The Morgan fingerprint density at radius 1 is 0.848 bits per heavy atom. The van der Waals surface area contributed by atoms with Crippen LogP contribution in [0.25, 0.3) is 10.8 Å². The molecule has 0 saturated carbocycles. The predicted octanol–water partition coefficient (Wildman–Crippen LogP) is 3.40. The topological polar surface area (TPSA) is 83.5 Å². The maximum Gasteiger partial charge on any atom is 0.333 e. The van der Waals surface area contributed by atoms with E-state index in [-0.39, 0.29) is 19.8 Å². The lowest BCUT2D eigenvalue weighted by molar-refractivity contribution is -0.140. The van der Waals surface area contributed by atoms with Crippen LogP contribution in [0.1, 0.15) is 18.1 Å². The molecule has 0 saturated heterocycles. The molecule has 0 unspecified atom stereocenters. The van der Waals surface area contributed by atoms with Gasteiger partial charge in [-0.25, -0.2) is 4.79 Å². The smallest absolute Gasteiger partial charge is 0.333 e. The van der Waals surface area contributed by atoms with Gasteiger partial charge in [0.15, 0.2) is 0 Å².